The van der Waals surface area contributed by atoms with Gasteiger partial charge in [0.2, 0.25) is 0 Å². The summed E-state index contributed by atoms with van der Waals surface area (Å²) in [5.41, 5.74) is 6.38. The maximum absolute atomic E-state index is 13.3. The molecule has 0 saturated heterocycles. The Labute approximate surface area is 107 Å². The van der Waals surface area contributed by atoms with Crippen LogP contribution in [0.25, 0.3) is 11.3 Å². The van der Waals surface area contributed by atoms with E-state index in [2.05, 4.69) is 4.98 Å². The molecular formula is C12H10FN3OS. The van der Waals surface area contributed by atoms with Gasteiger partial charge in [0.15, 0.2) is 0 Å². The van der Waals surface area contributed by atoms with Crippen molar-refractivity contribution in [1.29, 1.82) is 5.26 Å². The van der Waals surface area contributed by atoms with Gasteiger partial charge in [0.25, 0.3) is 0 Å². The van der Waals surface area contributed by atoms with Gasteiger partial charge >= 0.3 is 0 Å². The maximum atomic E-state index is 13.3. The van der Waals surface area contributed by atoms with Gasteiger partial charge < -0.3 is 10.5 Å². The van der Waals surface area contributed by atoms with Gasteiger partial charge in [-0.2, -0.15) is 5.26 Å². The Morgan fingerprint density at radius 1 is 1.56 bits per heavy atom. The molecule has 0 radical (unpaired) electrons. The van der Waals surface area contributed by atoms with E-state index >= 15 is 0 Å². The van der Waals surface area contributed by atoms with Crippen molar-refractivity contribution < 1.29 is 9.13 Å². The van der Waals surface area contributed by atoms with Crippen LogP contribution in [0.15, 0.2) is 18.2 Å². The van der Waals surface area contributed by atoms with Crippen LogP contribution in [0.1, 0.15) is 9.88 Å². The molecule has 1 aromatic carbocycles. The van der Waals surface area contributed by atoms with E-state index < -0.39 is 5.82 Å². The summed E-state index contributed by atoms with van der Waals surface area (Å²) in [5.74, 6) is 0.0683. The third-order valence-electron chi connectivity index (χ3n) is 2.36. The highest BCUT2D eigenvalue weighted by atomic mass is 32.1. The average Bonchev–Trinajstić information content (AvgIpc) is 2.81. The van der Waals surface area contributed by atoms with Crippen molar-refractivity contribution in [3.63, 3.8) is 0 Å². The molecule has 0 amide bonds. The summed E-state index contributed by atoms with van der Waals surface area (Å²) >= 11 is 1.20. The molecule has 0 bridgehead atoms. The van der Waals surface area contributed by atoms with E-state index in [9.17, 15) is 4.39 Å². The molecule has 0 fully saturated rings. The number of halogens is 1. The van der Waals surface area contributed by atoms with Crippen LogP contribution in [-0.2, 0) is 6.54 Å². The normalized spacial score (nSPS) is 10.1. The second-order valence-electron chi connectivity index (χ2n) is 3.45. The third kappa shape index (κ3) is 2.18. The highest BCUT2D eigenvalue weighted by Crippen LogP contribution is 2.34. The van der Waals surface area contributed by atoms with Crippen LogP contribution < -0.4 is 10.5 Å². The van der Waals surface area contributed by atoms with E-state index in [1.165, 1.54) is 36.6 Å². The molecule has 0 saturated carbocycles. The van der Waals surface area contributed by atoms with E-state index in [0.717, 1.165) is 0 Å². The van der Waals surface area contributed by atoms with Crippen LogP contribution in [0.4, 0.5) is 4.39 Å². The second kappa shape index (κ2) is 5.12. The van der Waals surface area contributed by atoms with Crippen molar-refractivity contribution in [3.05, 3.63) is 33.9 Å². The Morgan fingerprint density at radius 3 is 2.94 bits per heavy atom. The Kier molecular flexibility index (Phi) is 3.55. The summed E-state index contributed by atoms with van der Waals surface area (Å²) in [7, 11) is 1.49. The number of nitriles is 1. The average molecular weight is 263 g/mol. The Bertz CT molecular complexity index is 618. The summed E-state index contributed by atoms with van der Waals surface area (Å²) in [6.07, 6.45) is 0. The number of hydrogen-bond acceptors (Lipinski definition) is 5. The first-order chi connectivity index (χ1) is 8.69. The fraction of sp³-hybridized carbons (Fsp3) is 0.167. The number of benzene rings is 1. The molecule has 0 spiro atoms. The summed E-state index contributed by atoms with van der Waals surface area (Å²) in [6, 6.07) is 6.15. The van der Waals surface area contributed by atoms with Crippen LogP contribution in [-0.4, -0.2) is 12.1 Å². The second-order valence-corrected chi connectivity index (χ2v) is 4.53. The third-order valence-corrected chi connectivity index (χ3v) is 3.35. The highest BCUT2D eigenvalue weighted by molar-refractivity contribution is 7.12. The molecule has 0 unspecified atom stereocenters. The number of aromatic nitrogens is 1. The number of hydrogen-bond donors (Lipinski definition) is 1. The molecule has 2 N–H and O–H groups in total. The Balaban J connectivity index is 2.64. The molecule has 2 aromatic rings. The van der Waals surface area contributed by atoms with Crippen molar-refractivity contribution in [2.24, 2.45) is 5.73 Å². The molecule has 18 heavy (non-hydrogen) atoms. The fourth-order valence-electron chi connectivity index (χ4n) is 1.58. The molecule has 0 aliphatic rings. The molecule has 6 heteroatoms. The first-order valence-corrected chi connectivity index (χ1v) is 5.95. The van der Waals surface area contributed by atoms with Crippen molar-refractivity contribution >= 4 is 11.3 Å². The first kappa shape index (κ1) is 12.5. The number of nitrogens with zero attached hydrogens (tertiary/aromatic N) is 2. The SMILES string of the molecule is COc1ccc(F)cc1-c1nc(CN)sc1C#N. The molecule has 1 aromatic heterocycles. The van der Waals surface area contributed by atoms with Gasteiger partial charge in [0.05, 0.1) is 7.11 Å². The van der Waals surface area contributed by atoms with E-state index in [0.29, 0.717) is 26.9 Å². The van der Waals surface area contributed by atoms with Crippen LogP contribution in [0.3, 0.4) is 0 Å². The zero-order chi connectivity index (χ0) is 13.1. The van der Waals surface area contributed by atoms with Gasteiger partial charge in [-0.3, -0.25) is 0 Å². The molecule has 0 aliphatic carbocycles. The standard InChI is InChI=1S/C12H10FN3OS/c1-17-9-3-2-7(13)4-8(9)12-10(5-14)18-11(6-15)16-12/h2-4H,6,15H2,1H3. The molecule has 92 valence electrons. The number of thiazole rings is 1. The summed E-state index contributed by atoms with van der Waals surface area (Å²) < 4.78 is 18.5. The van der Waals surface area contributed by atoms with Crippen LogP contribution in [0.2, 0.25) is 0 Å². The number of methoxy groups -OCH3 is 1. The highest BCUT2D eigenvalue weighted by Gasteiger charge is 2.16. The van der Waals surface area contributed by atoms with Crippen molar-refractivity contribution in [1.82, 2.24) is 4.98 Å². The van der Waals surface area contributed by atoms with E-state index in [1.54, 1.807) is 0 Å². The summed E-state index contributed by atoms with van der Waals surface area (Å²) in [5, 5.41) is 9.70. The molecule has 0 aliphatic heterocycles. The van der Waals surface area contributed by atoms with Gasteiger partial charge in [-0.25, -0.2) is 9.37 Å². The minimum Gasteiger partial charge on any atom is -0.496 e. The largest absolute Gasteiger partial charge is 0.496 e. The lowest BCUT2D eigenvalue weighted by atomic mass is 10.1. The lowest BCUT2D eigenvalue weighted by molar-refractivity contribution is 0.415. The smallest absolute Gasteiger partial charge is 0.133 e. The predicted molar refractivity (Wildman–Crippen MR) is 66.7 cm³/mol. The van der Waals surface area contributed by atoms with Gasteiger partial charge in [0, 0.05) is 12.1 Å². The van der Waals surface area contributed by atoms with Gasteiger partial charge in [-0.15, -0.1) is 11.3 Å². The fourth-order valence-corrected chi connectivity index (χ4v) is 2.33. The minimum absolute atomic E-state index is 0.247. The predicted octanol–water partition coefficient (Wildman–Crippen LogP) is 2.29. The lowest BCUT2D eigenvalue weighted by Crippen LogP contribution is -1.95. The zero-order valence-electron chi connectivity index (χ0n) is 9.61. The van der Waals surface area contributed by atoms with Crippen molar-refractivity contribution in [2.75, 3.05) is 7.11 Å². The van der Waals surface area contributed by atoms with Gasteiger partial charge in [0.1, 0.15) is 33.2 Å². The minimum atomic E-state index is -0.406. The van der Waals surface area contributed by atoms with Crippen LogP contribution in [0, 0.1) is 17.1 Å². The van der Waals surface area contributed by atoms with Crippen LogP contribution >= 0.6 is 11.3 Å². The molecular weight excluding hydrogens is 253 g/mol. The number of ether oxygens (including phenoxy) is 1. The summed E-state index contributed by atoms with van der Waals surface area (Å²) in [4.78, 5) is 4.65. The van der Waals surface area contributed by atoms with Crippen molar-refractivity contribution in [3.8, 4) is 23.1 Å². The number of rotatable bonds is 3. The van der Waals surface area contributed by atoms with Crippen molar-refractivity contribution in [2.45, 2.75) is 6.54 Å². The van der Waals surface area contributed by atoms with Gasteiger partial charge in [-0.1, -0.05) is 0 Å². The van der Waals surface area contributed by atoms with Gasteiger partial charge in [-0.05, 0) is 18.2 Å². The van der Waals surface area contributed by atoms with E-state index in [4.69, 9.17) is 15.7 Å². The first-order valence-electron chi connectivity index (χ1n) is 5.13. The Hall–Kier alpha value is -1.97. The lowest BCUT2D eigenvalue weighted by Gasteiger charge is -2.06. The molecule has 4 nitrogen and oxygen atoms in total. The van der Waals surface area contributed by atoms with Crippen LogP contribution in [0.5, 0.6) is 5.75 Å². The topological polar surface area (TPSA) is 71.9 Å². The molecule has 0 atom stereocenters. The van der Waals surface area contributed by atoms with E-state index in [-0.39, 0.29) is 6.54 Å². The summed E-state index contributed by atoms with van der Waals surface area (Å²) in [6.45, 7) is 0.247. The molecule has 2 rings (SSSR count). The maximum Gasteiger partial charge on any atom is 0.133 e. The number of nitrogens with two attached hydrogens (primary N) is 1. The Morgan fingerprint density at radius 2 is 2.33 bits per heavy atom. The quantitative estimate of drug-likeness (QED) is 0.922. The van der Waals surface area contributed by atoms with E-state index in [1.807, 2.05) is 6.07 Å². The monoisotopic (exact) mass is 263 g/mol. The molecule has 1 heterocycles. The zero-order valence-corrected chi connectivity index (χ0v) is 10.4.